The fourth-order valence-corrected chi connectivity index (χ4v) is 1.79. The van der Waals surface area contributed by atoms with Crippen LogP contribution in [0.1, 0.15) is 29.2 Å². The summed E-state index contributed by atoms with van der Waals surface area (Å²) in [5.74, 6) is 0. The van der Waals surface area contributed by atoms with Crippen molar-refractivity contribution in [2.75, 3.05) is 0 Å². The largest absolute Gasteiger partial charge is 0.391 e. The first-order valence-electron chi connectivity index (χ1n) is 6.55. The predicted octanol–water partition coefficient (Wildman–Crippen LogP) is 3.67. The molecule has 0 aliphatic carbocycles. The number of nitrogens with zero attached hydrogens (tertiary/aromatic N) is 2. The summed E-state index contributed by atoms with van der Waals surface area (Å²) in [6.45, 7) is 2.59. The average Bonchev–Trinajstić information content (AvgIpc) is 2.52. The summed E-state index contributed by atoms with van der Waals surface area (Å²) in [4.78, 5) is 5.28. The lowest BCUT2D eigenvalue weighted by Gasteiger charge is -2.02. The molecule has 0 fully saturated rings. The van der Waals surface area contributed by atoms with E-state index in [1.165, 1.54) is 5.56 Å². The minimum atomic E-state index is 0.459. The summed E-state index contributed by atoms with van der Waals surface area (Å²) < 4.78 is 0. The lowest BCUT2D eigenvalue weighted by atomic mass is 10.1. The Hall–Kier alpha value is -2.60. The summed E-state index contributed by atoms with van der Waals surface area (Å²) in [5.41, 5.74) is 3.95. The Balaban J connectivity index is 1.88. The SMILES string of the molecule is CCc1cccc(CON=Cc2ccc(C#N)cc2)c1. The number of oxime groups is 1. The molecule has 0 aliphatic heterocycles. The number of rotatable bonds is 5. The molecule has 0 N–H and O–H groups in total. The van der Waals surface area contributed by atoms with Crippen LogP contribution in [-0.2, 0) is 17.9 Å². The molecule has 0 saturated heterocycles. The highest BCUT2D eigenvalue weighted by molar-refractivity contribution is 5.79. The zero-order valence-corrected chi connectivity index (χ0v) is 11.4. The minimum absolute atomic E-state index is 0.459. The molecule has 0 saturated carbocycles. The Morgan fingerprint density at radius 2 is 1.90 bits per heavy atom. The maximum Gasteiger partial charge on any atom is 0.142 e. The molecular formula is C17H16N2O. The Labute approximate surface area is 119 Å². The van der Waals surface area contributed by atoms with Crippen molar-refractivity contribution in [3.05, 3.63) is 70.8 Å². The van der Waals surface area contributed by atoms with Gasteiger partial charge in [-0.2, -0.15) is 5.26 Å². The van der Waals surface area contributed by atoms with E-state index in [2.05, 4.69) is 30.3 Å². The number of hydrogen-bond acceptors (Lipinski definition) is 3. The standard InChI is InChI=1S/C17H16N2O/c1-2-14-4-3-5-17(10-14)13-20-19-12-16-8-6-15(11-18)7-9-16/h3-10,12H,2,13H2,1H3. The molecule has 0 bridgehead atoms. The van der Waals surface area contributed by atoms with Crippen molar-refractivity contribution in [1.29, 1.82) is 5.26 Å². The lowest BCUT2D eigenvalue weighted by molar-refractivity contribution is 0.132. The first kappa shape index (κ1) is 13.8. The summed E-state index contributed by atoms with van der Waals surface area (Å²) in [6.07, 6.45) is 2.66. The number of benzene rings is 2. The van der Waals surface area contributed by atoms with Crippen LogP contribution in [0.2, 0.25) is 0 Å². The molecule has 2 rings (SSSR count). The van der Waals surface area contributed by atoms with Crippen molar-refractivity contribution in [3.63, 3.8) is 0 Å². The van der Waals surface area contributed by atoms with Crippen molar-refractivity contribution in [2.45, 2.75) is 20.0 Å². The Kier molecular flexibility index (Phi) is 4.91. The Bertz CT molecular complexity index is 624. The zero-order chi connectivity index (χ0) is 14.2. The number of hydrogen-bond donors (Lipinski definition) is 0. The third-order valence-electron chi connectivity index (χ3n) is 2.95. The molecule has 0 spiro atoms. The molecule has 2 aromatic rings. The van der Waals surface area contributed by atoms with E-state index in [4.69, 9.17) is 10.1 Å². The first-order valence-corrected chi connectivity index (χ1v) is 6.55. The van der Waals surface area contributed by atoms with Gasteiger partial charge in [-0.25, -0.2) is 0 Å². The number of aryl methyl sites for hydroxylation is 1. The van der Waals surface area contributed by atoms with Gasteiger partial charge in [-0.05, 0) is 35.2 Å². The van der Waals surface area contributed by atoms with Crippen LogP contribution in [0.15, 0.2) is 53.7 Å². The quantitative estimate of drug-likeness (QED) is 0.611. The van der Waals surface area contributed by atoms with Crippen LogP contribution in [0.4, 0.5) is 0 Å². The van der Waals surface area contributed by atoms with E-state index < -0.39 is 0 Å². The fourth-order valence-electron chi connectivity index (χ4n) is 1.79. The lowest BCUT2D eigenvalue weighted by Crippen LogP contribution is -1.90. The summed E-state index contributed by atoms with van der Waals surface area (Å²) in [6, 6.07) is 17.5. The first-order chi connectivity index (χ1) is 9.81. The van der Waals surface area contributed by atoms with Gasteiger partial charge in [0, 0.05) is 0 Å². The van der Waals surface area contributed by atoms with Crippen LogP contribution >= 0.6 is 0 Å². The minimum Gasteiger partial charge on any atom is -0.391 e. The monoisotopic (exact) mass is 264 g/mol. The molecule has 0 aromatic heterocycles. The van der Waals surface area contributed by atoms with Gasteiger partial charge in [-0.3, -0.25) is 0 Å². The van der Waals surface area contributed by atoms with Gasteiger partial charge in [0.2, 0.25) is 0 Å². The normalized spacial score (nSPS) is 10.4. The topological polar surface area (TPSA) is 45.4 Å². The molecule has 0 unspecified atom stereocenters. The van der Waals surface area contributed by atoms with E-state index in [1.54, 1.807) is 18.3 Å². The van der Waals surface area contributed by atoms with Gasteiger partial charge in [-0.1, -0.05) is 48.5 Å². The predicted molar refractivity (Wildman–Crippen MR) is 79.4 cm³/mol. The van der Waals surface area contributed by atoms with E-state index in [0.29, 0.717) is 12.2 Å². The molecule has 0 amide bonds. The molecule has 100 valence electrons. The highest BCUT2D eigenvalue weighted by atomic mass is 16.6. The summed E-state index contributed by atoms with van der Waals surface area (Å²) in [5, 5.41) is 12.6. The van der Waals surface area contributed by atoms with Crippen LogP contribution in [-0.4, -0.2) is 6.21 Å². The van der Waals surface area contributed by atoms with Gasteiger partial charge < -0.3 is 4.84 Å². The second-order valence-corrected chi connectivity index (χ2v) is 4.42. The maximum atomic E-state index is 8.70. The molecule has 0 atom stereocenters. The molecule has 3 nitrogen and oxygen atoms in total. The van der Waals surface area contributed by atoms with Crippen LogP contribution in [0.25, 0.3) is 0 Å². The van der Waals surface area contributed by atoms with Crippen LogP contribution < -0.4 is 0 Å². The van der Waals surface area contributed by atoms with Crippen molar-refractivity contribution in [3.8, 4) is 6.07 Å². The van der Waals surface area contributed by atoms with E-state index in [1.807, 2.05) is 24.3 Å². The van der Waals surface area contributed by atoms with Gasteiger partial charge in [0.25, 0.3) is 0 Å². The fraction of sp³-hybridized carbons (Fsp3) is 0.176. The van der Waals surface area contributed by atoms with Gasteiger partial charge in [0.15, 0.2) is 0 Å². The van der Waals surface area contributed by atoms with Crippen molar-refractivity contribution >= 4 is 6.21 Å². The van der Waals surface area contributed by atoms with Crippen LogP contribution in [0.3, 0.4) is 0 Å². The highest BCUT2D eigenvalue weighted by Crippen LogP contribution is 2.07. The molecule has 0 heterocycles. The summed E-state index contributed by atoms with van der Waals surface area (Å²) >= 11 is 0. The molecule has 2 aromatic carbocycles. The van der Waals surface area contributed by atoms with E-state index in [0.717, 1.165) is 17.5 Å². The number of nitriles is 1. The maximum absolute atomic E-state index is 8.70. The second-order valence-electron chi connectivity index (χ2n) is 4.42. The summed E-state index contributed by atoms with van der Waals surface area (Å²) in [7, 11) is 0. The Morgan fingerprint density at radius 3 is 2.60 bits per heavy atom. The molecule has 0 aliphatic rings. The highest BCUT2D eigenvalue weighted by Gasteiger charge is 1.95. The van der Waals surface area contributed by atoms with E-state index >= 15 is 0 Å². The van der Waals surface area contributed by atoms with Crippen molar-refractivity contribution < 1.29 is 4.84 Å². The smallest absolute Gasteiger partial charge is 0.142 e. The second kappa shape index (κ2) is 7.10. The van der Waals surface area contributed by atoms with Gasteiger partial charge in [0.05, 0.1) is 17.8 Å². The molecule has 0 radical (unpaired) electrons. The third-order valence-corrected chi connectivity index (χ3v) is 2.95. The molecular weight excluding hydrogens is 248 g/mol. The molecule has 3 heteroatoms. The van der Waals surface area contributed by atoms with Gasteiger partial charge in [0.1, 0.15) is 6.61 Å². The zero-order valence-electron chi connectivity index (χ0n) is 11.4. The van der Waals surface area contributed by atoms with Crippen LogP contribution in [0, 0.1) is 11.3 Å². The van der Waals surface area contributed by atoms with E-state index in [9.17, 15) is 0 Å². The van der Waals surface area contributed by atoms with E-state index in [-0.39, 0.29) is 0 Å². The average molecular weight is 264 g/mol. The van der Waals surface area contributed by atoms with Crippen LogP contribution in [0.5, 0.6) is 0 Å². The molecule has 20 heavy (non-hydrogen) atoms. The van der Waals surface area contributed by atoms with Gasteiger partial charge in [-0.15, -0.1) is 0 Å². The third kappa shape index (κ3) is 3.96. The van der Waals surface area contributed by atoms with Gasteiger partial charge >= 0.3 is 0 Å². The Morgan fingerprint density at radius 1 is 1.15 bits per heavy atom. The van der Waals surface area contributed by atoms with Crippen molar-refractivity contribution in [2.24, 2.45) is 5.16 Å². The van der Waals surface area contributed by atoms with Crippen molar-refractivity contribution in [1.82, 2.24) is 0 Å².